The zero-order chi connectivity index (χ0) is 24.5. The summed E-state index contributed by atoms with van der Waals surface area (Å²) in [7, 11) is 0. The molecule has 0 radical (unpaired) electrons. The van der Waals surface area contributed by atoms with Crippen molar-refractivity contribution in [2.45, 2.75) is 38.3 Å². The molecule has 35 heavy (non-hydrogen) atoms. The Morgan fingerprint density at radius 3 is 2.54 bits per heavy atom. The zero-order valence-electron chi connectivity index (χ0n) is 19.2. The summed E-state index contributed by atoms with van der Waals surface area (Å²) in [6.07, 6.45) is 4.36. The first-order valence-electron chi connectivity index (χ1n) is 11.5. The predicted octanol–water partition coefficient (Wildman–Crippen LogP) is 1.76. The monoisotopic (exact) mass is 498 g/mol. The number of hydrogen-bond acceptors (Lipinski definition) is 8. The molecule has 5 rings (SSSR count). The number of nitrogens with one attached hydrogen (secondary N) is 2. The van der Waals surface area contributed by atoms with Crippen LogP contribution in [0.1, 0.15) is 36.7 Å². The molecule has 2 saturated heterocycles. The SMILES string of the molecule is CC(=O)N1CC[C@@H](Nc2cc(C(=O)N3CCC(NC(=O)O)CC3)nc(-c3cnn4ccsc34)n2)C1. The Kier molecular flexibility index (Phi) is 6.24. The molecule has 184 valence electrons. The van der Waals surface area contributed by atoms with E-state index in [1.165, 1.54) is 11.3 Å². The highest BCUT2D eigenvalue weighted by atomic mass is 32.1. The van der Waals surface area contributed by atoms with E-state index in [1.54, 1.807) is 33.5 Å². The quantitative estimate of drug-likeness (QED) is 0.483. The average Bonchev–Trinajstić information content (AvgIpc) is 3.56. The number of carboxylic acid groups (broad SMARTS) is 1. The summed E-state index contributed by atoms with van der Waals surface area (Å²) in [6, 6.07) is 1.51. The topological polar surface area (TPSA) is 145 Å². The molecular weight excluding hydrogens is 472 g/mol. The van der Waals surface area contributed by atoms with Crippen molar-refractivity contribution >= 4 is 39.9 Å². The highest BCUT2D eigenvalue weighted by molar-refractivity contribution is 7.16. The molecule has 0 aliphatic carbocycles. The summed E-state index contributed by atoms with van der Waals surface area (Å²) >= 11 is 1.51. The summed E-state index contributed by atoms with van der Waals surface area (Å²) in [5, 5.41) is 21.1. The van der Waals surface area contributed by atoms with E-state index in [4.69, 9.17) is 10.1 Å². The summed E-state index contributed by atoms with van der Waals surface area (Å²) < 4.78 is 1.74. The number of likely N-dealkylation sites (tertiary alicyclic amines) is 2. The van der Waals surface area contributed by atoms with Crippen LogP contribution in [0.2, 0.25) is 0 Å². The Balaban J connectivity index is 1.41. The zero-order valence-corrected chi connectivity index (χ0v) is 20.0. The molecule has 0 aromatic carbocycles. The van der Waals surface area contributed by atoms with Crippen LogP contribution in [0, 0.1) is 0 Å². The minimum Gasteiger partial charge on any atom is -0.465 e. The number of aromatic nitrogens is 4. The molecule has 0 bridgehead atoms. The van der Waals surface area contributed by atoms with Crippen molar-refractivity contribution in [2.75, 3.05) is 31.5 Å². The number of amides is 3. The van der Waals surface area contributed by atoms with E-state index in [-0.39, 0.29) is 29.6 Å². The summed E-state index contributed by atoms with van der Waals surface area (Å²) in [4.78, 5) is 49.7. The van der Waals surface area contributed by atoms with Crippen LogP contribution in [0.25, 0.3) is 16.2 Å². The summed E-state index contributed by atoms with van der Waals surface area (Å²) in [6.45, 7) is 3.68. The molecule has 3 aromatic heterocycles. The molecule has 13 heteroatoms. The Morgan fingerprint density at radius 1 is 1.09 bits per heavy atom. The molecule has 2 aliphatic heterocycles. The smallest absolute Gasteiger partial charge is 0.404 e. The lowest BCUT2D eigenvalue weighted by atomic mass is 10.0. The first kappa shape index (κ1) is 23.0. The second-order valence-electron chi connectivity index (χ2n) is 8.78. The molecule has 12 nitrogen and oxygen atoms in total. The van der Waals surface area contributed by atoms with Gasteiger partial charge in [0.15, 0.2) is 5.82 Å². The van der Waals surface area contributed by atoms with Gasteiger partial charge in [-0.1, -0.05) is 0 Å². The van der Waals surface area contributed by atoms with Gasteiger partial charge in [-0.3, -0.25) is 9.59 Å². The standard InChI is InChI=1S/C22H26N8O4S/c1-13(31)29-7-4-15(12-29)24-18-10-17(20(32)28-5-2-14(3-6-28)25-22(33)34)26-19(27-18)16-11-23-30-8-9-35-21(16)30/h8-11,14-15,25H,2-7,12H2,1H3,(H,33,34)(H,24,26,27)/t15-/m1/s1. The molecule has 2 aliphatic rings. The van der Waals surface area contributed by atoms with Gasteiger partial charge in [-0.15, -0.1) is 11.3 Å². The van der Waals surface area contributed by atoms with E-state index in [1.807, 2.05) is 11.6 Å². The van der Waals surface area contributed by atoms with Gasteiger partial charge in [0.05, 0.1) is 11.8 Å². The summed E-state index contributed by atoms with van der Waals surface area (Å²) in [5.41, 5.74) is 0.998. The number of carbonyl (C=O) groups excluding carboxylic acids is 2. The minimum absolute atomic E-state index is 0.0244. The molecule has 0 spiro atoms. The molecule has 1 atom stereocenters. The maximum Gasteiger partial charge on any atom is 0.404 e. The van der Waals surface area contributed by atoms with Crippen molar-refractivity contribution in [2.24, 2.45) is 0 Å². The number of rotatable bonds is 5. The number of carbonyl (C=O) groups is 3. The van der Waals surface area contributed by atoms with Gasteiger partial charge < -0.3 is 25.5 Å². The average molecular weight is 499 g/mol. The highest BCUT2D eigenvalue weighted by Crippen LogP contribution is 2.27. The third kappa shape index (κ3) is 4.90. The Morgan fingerprint density at radius 2 is 1.83 bits per heavy atom. The Hall–Kier alpha value is -3.74. The number of anilines is 1. The van der Waals surface area contributed by atoms with E-state index < -0.39 is 6.09 Å². The van der Waals surface area contributed by atoms with Crippen LogP contribution in [0.15, 0.2) is 23.8 Å². The third-order valence-electron chi connectivity index (χ3n) is 6.41. The number of hydrogen-bond donors (Lipinski definition) is 3. The lowest BCUT2D eigenvalue weighted by Crippen LogP contribution is -2.46. The van der Waals surface area contributed by atoms with Gasteiger partial charge in [-0.2, -0.15) is 5.10 Å². The van der Waals surface area contributed by atoms with Gasteiger partial charge >= 0.3 is 6.09 Å². The van der Waals surface area contributed by atoms with E-state index in [2.05, 4.69) is 20.7 Å². The fourth-order valence-electron chi connectivity index (χ4n) is 4.57. The van der Waals surface area contributed by atoms with Gasteiger partial charge in [0.2, 0.25) is 5.91 Å². The van der Waals surface area contributed by atoms with E-state index in [9.17, 15) is 14.4 Å². The lowest BCUT2D eigenvalue weighted by Gasteiger charge is -2.31. The maximum absolute atomic E-state index is 13.4. The molecular formula is C22H26N8O4S. The fourth-order valence-corrected chi connectivity index (χ4v) is 5.36. The van der Waals surface area contributed by atoms with Crippen LogP contribution in [0.5, 0.6) is 0 Å². The van der Waals surface area contributed by atoms with E-state index in [0.717, 1.165) is 16.8 Å². The van der Waals surface area contributed by atoms with Crippen molar-refractivity contribution in [1.29, 1.82) is 0 Å². The van der Waals surface area contributed by atoms with Crippen LogP contribution < -0.4 is 10.6 Å². The molecule has 2 fully saturated rings. The molecule has 3 N–H and O–H groups in total. The predicted molar refractivity (Wildman–Crippen MR) is 128 cm³/mol. The highest BCUT2D eigenvalue weighted by Gasteiger charge is 2.28. The maximum atomic E-state index is 13.4. The van der Waals surface area contributed by atoms with Crippen LogP contribution in [-0.2, 0) is 4.79 Å². The van der Waals surface area contributed by atoms with Crippen molar-refractivity contribution in [3.8, 4) is 11.4 Å². The largest absolute Gasteiger partial charge is 0.465 e. The van der Waals surface area contributed by atoms with E-state index >= 15 is 0 Å². The van der Waals surface area contributed by atoms with Crippen LogP contribution in [0.3, 0.4) is 0 Å². The number of thiazole rings is 1. The number of fused-ring (bicyclic) bond motifs is 1. The fraction of sp³-hybridized carbons (Fsp3) is 0.455. The Bertz CT molecular complexity index is 1270. The van der Waals surface area contributed by atoms with Gasteiger partial charge in [-0.25, -0.2) is 19.3 Å². The molecule has 3 amide bonds. The molecule has 5 heterocycles. The lowest BCUT2D eigenvalue weighted by molar-refractivity contribution is -0.127. The number of nitrogens with zero attached hydrogens (tertiary/aromatic N) is 6. The first-order chi connectivity index (χ1) is 16.9. The van der Waals surface area contributed by atoms with Crippen LogP contribution >= 0.6 is 11.3 Å². The van der Waals surface area contributed by atoms with Gasteiger partial charge in [0, 0.05) is 62.8 Å². The van der Waals surface area contributed by atoms with Crippen LogP contribution in [0.4, 0.5) is 10.6 Å². The number of piperidine rings is 1. The van der Waals surface area contributed by atoms with Crippen LogP contribution in [-0.4, -0.2) is 90.7 Å². The second-order valence-corrected chi connectivity index (χ2v) is 9.68. The molecule has 3 aromatic rings. The van der Waals surface area contributed by atoms with Crippen molar-refractivity contribution in [1.82, 2.24) is 34.7 Å². The first-order valence-corrected chi connectivity index (χ1v) is 12.4. The second kappa shape index (κ2) is 9.49. The molecule has 0 unspecified atom stereocenters. The van der Waals surface area contributed by atoms with Gasteiger partial charge in [0.25, 0.3) is 5.91 Å². The van der Waals surface area contributed by atoms with Gasteiger partial charge in [-0.05, 0) is 19.3 Å². The Labute approximate surface area is 205 Å². The van der Waals surface area contributed by atoms with Crippen molar-refractivity contribution < 1.29 is 19.5 Å². The third-order valence-corrected chi connectivity index (χ3v) is 7.30. The molecule has 0 saturated carbocycles. The summed E-state index contributed by atoms with van der Waals surface area (Å²) in [5.74, 6) is 0.734. The van der Waals surface area contributed by atoms with Crippen molar-refractivity contribution in [3.63, 3.8) is 0 Å². The van der Waals surface area contributed by atoms with E-state index in [0.29, 0.717) is 50.7 Å². The van der Waals surface area contributed by atoms with Crippen molar-refractivity contribution in [3.05, 3.63) is 29.5 Å². The minimum atomic E-state index is -1.05. The normalized spacial score (nSPS) is 18.7. The van der Waals surface area contributed by atoms with Gasteiger partial charge in [0.1, 0.15) is 16.3 Å².